The van der Waals surface area contributed by atoms with E-state index in [2.05, 4.69) is 6.92 Å². The summed E-state index contributed by atoms with van der Waals surface area (Å²) in [5.74, 6) is -0.534. The molecule has 0 aromatic heterocycles. The molecule has 2 aromatic carbocycles. The highest BCUT2D eigenvalue weighted by atomic mass is 32.2. The number of hydrogen-bond acceptors (Lipinski definition) is 6. The van der Waals surface area contributed by atoms with Crippen molar-refractivity contribution in [1.29, 1.82) is 0 Å². The van der Waals surface area contributed by atoms with Crippen LogP contribution in [0.1, 0.15) is 32.6 Å². The third-order valence-electron chi connectivity index (χ3n) is 3.70. The van der Waals surface area contributed by atoms with E-state index in [4.69, 9.17) is 8.92 Å². The van der Waals surface area contributed by atoms with Gasteiger partial charge in [0.25, 0.3) is 0 Å². The molecule has 2 aromatic rings. The molecule has 0 amide bonds. The number of benzene rings is 2. The summed E-state index contributed by atoms with van der Waals surface area (Å²) in [6.45, 7) is 2.69. The van der Waals surface area contributed by atoms with Crippen molar-refractivity contribution in [3.05, 3.63) is 58.4 Å². The molecule has 0 saturated heterocycles. The lowest BCUT2D eigenvalue weighted by molar-refractivity contribution is -0.387. The Kier molecular flexibility index (Phi) is 7.12. The number of rotatable bonds is 10. The zero-order chi connectivity index (χ0) is 19.9. The second-order valence-electron chi connectivity index (χ2n) is 5.79. The fraction of sp³-hybridized carbons (Fsp3) is 0.333. The fourth-order valence-electron chi connectivity index (χ4n) is 2.27. The third-order valence-corrected chi connectivity index (χ3v) is 4.94. The number of unbranched alkanes of at least 4 members (excludes halogenated alkanes) is 3. The van der Waals surface area contributed by atoms with Crippen LogP contribution in [0.15, 0.2) is 47.4 Å². The van der Waals surface area contributed by atoms with Crippen molar-refractivity contribution in [2.75, 3.05) is 6.61 Å². The number of halogens is 1. The standard InChI is InChI=1S/C18H20FNO6S/c1-2-3-4-5-12-25-14-6-8-15(9-7-14)26-27(23,24)16-10-11-17(19)18(13-16)20(21)22/h6-11,13H,2-5,12H2,1H3. The molecule has 0 N–H and O–H groups in total. The number of nitro groups is 1. The molecular weight excluding hydrogens is 377 g/mol. The maximum atomic E-state index is 13.4. The van der Waals surface area contributed by atoms with Crippen molar-refractivity contribution in [3.63, 3.8) is 0 Å². The highest BCUT2D eigenvalue weighted by Crippen LogP contribution is 2.25. The second kappa shape index (κ2) is 9.31. The van der Waals surface area contributed by atoms with E-state index in [9.17, 15) is 22.9 Å². The van der Waals surface area contributed by atoms with Crippen LogP contribution >= 0.6 is 0 Å². The Hall–Kier alpha value is -2.68. The Labute approximate surface area is 157 Å². The average Bonchev–Trinajstić information content (AvgIpc) is 2.62. The Bertz CT molecular complexity index is 883. The number of nitro benzene ring substituents is 1. The van der Waals surface area contributed by atoms with Gasteiger partial charge in [0.1, 0.15) is 16.4 Å². The molecule has 7 nitrogen and oxygen atoms in total. The van der Waals surface area contributed by atoms with E-state index in [0.717, 1.165) is 31.7 Å². The number of hydrogen-bond donors (Lipinski definition) is 0. The Morgan fingerprint density at radius 1 is 1.04 bits per heavy atom. The molecule has 0 heterocycles. The van der Waals surface area contributed by atoms with Gasteiger partial charge in [-0.2, -0.15) is 12.8 Å². The van der Waals surface area contributed by atoms with Crippen LogP contribution < -0.4 is 8.92 Å². The monoisotopic (exact) mass is 397 g/mol. The Morgan fingerprint density at radius 2 is 1.70 bits per heavy atom. The summed E-state index contributed by atoms with van der Waals surface area (Å²) < 4.78 is 48.4. The number of ether oxygens (including phenoxy) is 1. The molecular formula is C18H20FNO6S. The van der Waals surface area contributed by atoms with Crippen LogP contribution in [0.5, 0.6) is 11.5 Å². The van der Waals surface area contributed by atoms with Gasteiger partial charge in [-0.3, -0.25) is 10.1 Å². The molecule has 0 unspecified atom stereocenters. The van der Waals surface area contributed by atoms with E-state index in [-0.39, 0.29) is 5.75 Å². The summed E-state index contributed by atoms with van der Waals surface area (Å²) in [7, 11) is -4.34. The fourth-order valence-corrected chi connectivity index (χ4v) is 3.22. The molecule has 0 aliphatic carbocycles. The zero-order valence-corrected chi connectivity index (χ0v) is 15.6. The minimum atomic E-state index is -4.34. The molecule has 0 spiro atoms. The van der Waals surface area contributed by atoms with Crippen molar-refractivity contribution < 1.29 is 26.7 Å². The predicted octanol–water partition coefficient (Wildman–Crippen LogP) is 4.46. The van der Waals surface area contributed by atoms with Gasteiger partial charge in [0.05, 0.1) is 11.5 Å². The third kappa shape index (κ3) is 5.92. The zero-order valence-electron chi connectivity index (χ0n) is 14.8. The summed E-state index contributed by atoms with van der Waals surface area (Å²) in [4.78, 5) is 9.25. The van der Waals surface area contributed by atoms with E-state index < -0.39 is 31.4 Å². The van der Waals surface area contributed by atoms with Gasteiger partial charge in [-0.25, -0.2) is 0 Å². The minimum Gasteiger partial charge on any atom is -0.494 e. The minimum absolute atomic E-state index is 0.0142. The lowest BCUT2D eigenvalue weighted by atomic mass is 10.2. The maximum absolute atomic E-state index is 13.4. The average molecular weight is 397 g/mol. The molecule has 146 valence electrons. The molecule has 0 fully saturated rings. The summed E-state index contributed by atoms with van der Waals surface area (Å²) in [6, 6.07) is 8.21. The van der Waals surface area contributed by atoms with E-state index >= 15 is 0 Å². The molecule has 9 heteroatoms. The quantitative estimate of drug-likeness (QED) is 0.254. The lowest BCUT2D eigenvalue weighted by Crippen LogP contribution is -2.10. The Balaban J connectivity index is 2.03. The molecule has 0 aliphatic rings. The van der Waals surface area contributed by atoms with Gasteiger partial charge in [0, 0.05) is 6.07 Å². The van der Waals surface area contributed by atoms with Gasteiger partial charge in [0.15, 0.2) is 0 Å². The van der Waals surface area contributed by atoms with E-state index in [1.165, 1.54) is 12.1 Å². The Morgan fingerprint density at radius 3 is 2.33 bits per heavy atom. The molecule has 0 radical (unpaired) electrons. The van der Waals surface area contributed by atoms with Crippen molar-refractivity contribution in [3.8, 4) is 11.5 Å². The van der Waals surface area contributed by atoms with Crippen molar-refractivity contribution in [2.45, 2.75) is 37.5 Å². The van der Waals surface area contributed by atoms with Crippen molar-refractivity contribution >= 4 is 15.8 Å². The van der Waals surface area contributed by atoms with Crippen molar-refractivity contribution in [1.82, 2.24) is 0 Å². The van der Waals surface area contributed by atoms with Crippen LogP contribution in [-0.2, 0) is 10.1 Å². The first kappa shape index (κ1) is 20.6. The maximum Gasteiger partial charge on any atom is 0.339 e. The SMILES string of the molecule is CCCCCCOc1ccc(OS(=O)(=O)c2ccc(F)c([N+](=O)[O-])c2)cc1. The first-order valence-corrected chi connectivity index (χ1v) is 9.85. The molecule has 0 aliphatic heterocycles. The largest absolute Gasteiger partial charge is 0.494 e. The highest BCUT2D eigenvalue weighted by molar-refractivity contribution is 7.87. The normalized spacial score (nSPS) is 11.2. The van der Waals surface area contributed by atoms with Crippen molar-refractivity contribution in [2.24, 2.45) is 0 Å². The first-order chi connectivity index (χ1) is 12.8. The molecule has 0 bridgehead atoms. The van der Waals surface area contributed by atoms with Gasteiger partial charge in [-0.05, 0) is 42.8 Å². The smallest absolute Gasteiger partial charge is 0.339 e. The van der Waals surface area contributed by atoms with Gasteiger partial charge in [0.2, 0.25) is 5.82 Å². The van der Waals surface area contributed by atoms with Crippen LogP contribution in [0, 0.1) is 15.9 Å². The van der Waals surface area contributed by atoms with E-state index in [1.807, 2.05) is 0 Å². The first-order valence-electron chi connectivity index (χ1n) is 8.45. The highest BCUT2D eigenvalue weighted by Gasteiger charge is 2.23. The summed E-state index contributed by atoms with van der Waals surface area (Å²) in [6.07, 6.45) is 4.30. The van der Waals surface area contributed by atoms with Crippen LogP contribution in [0.4, 0.5) is 10.1 Å². The lowest BCUT2D eigenvalue weighted by Gasteiger charge is -2.09. The molecule has 0 saturated carbocycles. The van der Waals surface area contributed by atoms with E-state index in [0.29, 0.717) is 24.5 Å². The van der Waals surface area contributed by atoms with Crippen LogP contribution in [0.3, 0.4) is 0 Å². The van der Waals surface area contributed by atoms with Gasteiger partial charge in [-0.15, -0.1) is 0 Å². The topological polar surface area (TPSA) is 95.7 Å². The van der Waals surface area contributed by atoms with E-state index in [1.54, 1.807) is 12.1 Å². The van der Waals surface area contributed by atoms with Crippen LogP contribution in [0.25, 0.3) is 0 Å². The second-order valence-corrected chi connectivity index (χ2v) is 7.33. The van der Waals surface area contributed by atoms with Gasteiger partial charge >= 0.3 is 15.8 Å². The van der Waals surface area contributed by atoms with Gasteiger partial charge < -0.3 is 8.92 Å². The number of nitrogens with zero attached hydrogens (tertiary/aromatic N) is 1. The predicted molar refractivity (Wildman–Crippen MR) is 96.9 cm³/mol. The van der Waals surface area contributed by atoms with Crippen LogP contribution in [0.2, 0.25) is 0 Å². The molecule has 0 atom stereocenters. The summed E-state index contributed by atoms with van der Waals surface area (Å²) in [5, 5.41) is 10.8. The molecule has 27 heavy (non-hydrogen) atoms. The summed E-state index contributed by atoms with van der Waals surface area (Å²) in [5.41, 5.74) is -0.938. The summed E-state index contributed by atoms with van der Waals surface area (Å²) >= 11 is 0. The molecule has 2 rings (SSSR count). The van der Waals surface area contributed by atoms with Crippen LogP contribution in [-0.4, -0.2) is 19.9 Å². The van der Waals surface area contributed by atoms with Gasteiger partial charge in [-0.1, -0.05) is 26.2 Å².